The van der Waals surface area contributed by atoms with Crippen molar-refractivity contribution in [2.45, 2.75) is 75.1 Å². The summed E-state index contributed by atoms with van der Waals surface area (Å²) in [5, 5.41) is 9.00. The van der Waals surface area contributed by atoms with Crippen LogP contribution < -0.4 is 0 Å². The number of thioether (sulfide) groups is 1. The van der Waals surface area contributed by atoms with E-state index in [1.165, 1.54) is 30.0 Å². The first-order valence-corrected chi connectivity index (χ1v) is 27.1. The molecule has 0 bridgehead atoms. The fourth-order valence-corrected chi connectivity index (χ4v) is 7.27. The summed E-state index contributed by atoms with van der Waals surface area (Å²) in [5.74, 6) is -0.484. The van der Waals surface area contributed by atoms with Gasteiger partial charge in [0.15, 0.2) is 16.8 Å². The molecule has 4 rings (SSSR count). The van der Waals surface area contributed by atoms with E-state index in [-0.39, 0.29) is 29.1 Å². The first-order chi connectivity index (χ1) is 22.3. The molecule has 0 spiro atoms. The Morgan fingerprint density at radius 1 is 0.771 bits per heavy atom. The molecule has 2 aromatic carbocycles. The topological polar surface area (TPSA) is 114 Å². The molecule has 18 heteroatoms. The van der Waals surface area contributed by atoms with Gasteiger partial charge in [-0.15, -0.1) is 10.2 Å². The number of sulfone groups is 1. The summed E-state index contributed by atoms with van der Waals surface area (Å²) < 4.78 is 67.5. The maximum Gasteiger partial charge on any atom is 0.248 e. The molecular formula is C30H42Br2F2N6O4S2Si2. The number of rotatable bonds is 14. The molecule has 10 nitrogen and oxygen atoms in total. The van der Waals surface area contributed by atoms with Crippen LogP contribution in [-0.2, 0) is 32.8 Å². The van der Waals surface area contributed by atoms with Crippen molar-refractivity contribution in [3.05, 3.63) is 57.0 Å². The van der Waals surface area contributed by atoms with Crippen LogP contribution in [0.25, 0.3) is 22.8 Å². The standard InChI is InChI=1S/C15H21BrFN3O3SSi.C15H21BrFN3OSSi/c1-24(21,22)15-18-14(12-6-5-11(16)9-13(12)17)19-20(15)10-23-7-8-25(2,3)4;1-22-15-18-14(12-6-5-11(16)9-13(12)17)19-20(15)10-21-7-8-23(2,3)4/h5-6,9H,7-8,10H2,1-4H3;5-6,9H,7-8,10H2,1-4H3. The lowest BCUT2D eigenvalue weighted by molar-refractivity contribution is 0.0715. The number of halogens is 4. The van der Waals surface area contributed by atoms with E-state index >= 15 is 0 Å². The van der Waals surface area contributed by atoms with Crippen LogP contribution in [-0.4, -0.2) is 79.8 Å². The SMILES string of the molecule is CSc1nc(-c2ccc(Br)cc2F)nn1COCC[Si](C)(C)C.C[Si](C)(C)CCOCn1nc(-c2ccc(Br)cc2F)nc1S(C)(=O)=O. The normalized spacial score (nSPS) is 12.2. The van der Waals surface area contributed by atoms with Crippen molar-refractivity contribution in [2.75, 3.05) is 25.7 Å². The lowest BCUT2D eigenvalue weighted by atomic mass is 10.2. The van der Waals surface area contributed by atoms with Crippen LogP contribution >= 0.6 is 43.6 Å². The molecule has 0 saturated carbocycles. The van der Waals surface area contributed by atoms with Crippen molar-refractivity contribution in [2.24, 2.45) is 0 Å². The van der Waals surface area contributed by atoms with Gasteiger partial charge >= 0.3 is 0 Å². The minimum Gasteiger partial charge on any atom is -0.359 e. The maximum atomic E-state index is 14.1. The summed E-state index contributed by atoms with van der Waals surface area (Å²) in [5.41, 5.74) is 0.526. The molecule has 264 valence electrons. The number of benzene rings is 2. The monoisotopic (exact) mass is 866 g/mol. The van der Waals surface area contributed by atoms with Gasteiger partial charge in [0.05, 0.1) is 11.1 Å². The van der Waals surface area contributed by atoms with E-state index in [2.05, 4.69) is 91.3 Å². The lowest BCUT2D eigenvalue weighted by Gasteiger charge is -2.15. The Labute approximate surface area is 304 Å². The third-order valence-corrected chi connectivity index (χ3v) is 12.6. The van der Waals surface area contributed by atoms with Gasteiger partial charge in [0.25, 0.3) is 0 Å². The van der Waals surface area contributed by atoms with Crippen LogP contribution in [0.1, 0.15) is 0 Å². The minimum absolute atomic E-state index is 0.0132. The molecule has 0 aliphatic heterocycles. The van der Waals surface area contributed by atoms with Crippen molar-refractivity contribution in [3.63, 3.8) is 0 Å². The fraction of sp³-hybridized carbons (Fsp3) is 0.467. The number of ether oxygens (including phenoxy) is 2. The second-order valence-electron chi connectivity index (χ2n) is 13.4. The smallest absolute Gasteiger partial charge is 0.248 e. The Morgan fingerprint density at radius 3 is 1.62 bits per heavy atom. The molecule has 2 heterocycles. The Hall–Kier alpha value is -1.81. The summed E-state index contributed by atoms with van der Waals surface area (Å²) in [6.07, 6.45) is 2.96. The maximum absolute atomic E-state index is 14.1. The van der Waals surface area contributed by atoms with Crippen LogP contribution in [0.4, 0.5) is 8.78 Å². The van der Waals surface area contributed by atoms with Gasteiger partial charge in [0.2, 0.25) is 15.0 Å². The highest BCUT2D eigenvalue weighted by atomic mass is 79.9. The van der Waals surface area contributed by atoms with E-state index in [4.69, 9.17) is 9.47 Å². The molecule has 0 unspecified atom stereocenters. The van der Waals surface area contributed by atoms with Crippen molar-refractivity contribution in [1.82, 2.24) is 29.5 Å². The van der Waals surface area contributed by atoms with Crippen LogP contribution in [0.2, 0.25) is 51.4 Å². The van der Waals surface area contributed by atoms with Crippen LogP contribution in [0.15, 0.2) is 55.7 Å². The third-order valence-electron chi connectivity index (χ3n) is 6.55. The molecular weight excluding hydrogens is 826 g/mol. The van der Waals surface area contributed by atoms with Crippen LogP contribution in [0.3, 0.4) is 0 Å². The van der Waals surface area contributed by atoms with Gasteiger partial charge in [-0.05, 0) is 54.7 Å². The molecule has 0 fully saturated rings. The average molecular weight is 869 g/mol. The summed E-state index contributed by atoms with van der Waals surface area (Å²) in [6, 6.07) is 11.3. The van der Waals surface area contributed by atoms with Crippen molar-refractivity contribution < 1.29 is 26.7 Å². The molecule has 0 radical (unpaired) electrons. The predicted octanol–water partition coefficient (Wildman–Crippen LogP) is 8.44. The van der Waals surface area contributed by atoms with Crippen molar-refractivity contribution in [3.8, 4) is 22.8 Å². The minimum atomic E-state index is -3.62. The Morgan fingerprint density at radius 2 is 1.21 bits per heavy atom. The van der Waals surface area contributed by atoms with E-state index in [9.17, 15) is 17.2 Å². The highest BCUT2D eigenvalue weighted by Crippen LogP contribution is 2.26. The van der Waals surface area contributed by atoms with Gasteiger partial charge in [-0.3, -0.25) is 0 Å². The zero-order valence-corrected chi connectivity index (χ0v) is 35.2. The fourth-order valence-electron chi connectivity index (χ4n) is 3.88. The zero-order valence-electron chi connectivity index (χ0n) is 28.4. The number of nitrogens with zero attached hydrogens (tertiary/aromatic N) is 6. The summed E-state index contributed by atoms with van der Waals surface area (Å²) in [6.45, 7) is 15.1. The molecule has 48 heavy (non-hydrogen) atoms. The highest BCUT2D eigenvalue weighted by molar-refractivity contribution is 9.10. The number of hydrogen-bond acceptors (Lipinski definition) is 9. The van der Waals surface area contributed by atoms with E-state index in [0.717, 1.165) is 28.2 Å². The number of aromatic nitrogens is 6. The van der Waals surface area contributed by atoms with E-state index in [1.807, 2.05) is 6.26 Å². The van der Waals surface area contributed by atoms with E-state index in [1.54, 1.807) is 22.9 Å². The van der Waals surface area contributed by atoms with E-state index < -0.39 is 31.8 Å². The molecule has 0 saturated heterocycles. The van der Waals surface area contributed by atoms with Crippen LogP contribution in [0.5, 0.6) is 0 Å². The first kappa shape index (κ1) is 40.6. The van der Waals surface area contributed by atoms with Crippen molar-refractivity contribution in [1.29, 1.82) is 0 Å². The third kappa shape index (κ3) is 12.8. The summed E-state index contributed by atoms with van der Waals surface area (Å²) in [7, 11) is -5.98. The zero-order chi connectivity index (χ0) is 35.9. The van der Waals surface area contributed by atoms with E-state index in [0.29, 0.717) is 40.3 Å². The molecule has 0 aliphatic rings. The van der Waals surface area contributed by atoms with Gasteiger partial charge < -0.3 is 9.47 Å². The molecule has 0 aliphatic carbocycles. The Kier molecular flexibility index (Phi) is 14.7. The molecule has 0 N–H and O–H groups in total. The Balaban J connectivity index is 0.000000261. The van der Waals surface area contributed by atoms with Gasteiger partial charge in [-0.25, -0.2) is 31.5 Å². The van der Waals surface area contributed by atoms with Gasteiger partial charge in [0, 0.05) is 44.6 Å². The average Bonchev–Trinajstić information content (AvgIpc) is 3.57. The Bertz CT molecular complexity index is 1800. The van der Waals surface area contributed by atoms with Crippen LogP contribution in [0, 0.1) is 11.6 Å². The molecule has 0 atom stereocenters. The second-order valence-corrected chi connectivity index (χ2v) is 29.1. The largest absolute Gasteiger partial charge is 0.359 e. The number of hydrogen-bond donors (Lipinski definition) is 0. The lowest BCUT2D eigenvalue weighted by Crippen LogP contribution is -2.22. The first-order valence-electron chi connectivity index (χ1n) is 15.0. The highest BCUT2D eigenvalue weighted by Gasteiger charge is 2.22. The summed E-state index contributed by atoms with van der Waals surface area (Å²) in [4.78, 5) is 8.41. The molecule has 2 aromatic heterocycles. The predicted molar refractivity (Wildman–Crippen MR) is 199 cm³/mol. The van der Waals surface area contributed by atoms with Gasteiger partial charge in [-0.2, -0.15) is 4.98 Å². The van der Waals surface area contributed by atoms with Gasteiger partial charge in [0.1, 0.15) is 25.1 Å². The van der Waals surface area contributed by atoms with Crippen molar-refractivity contribution >= 4 is 69.6 Å². The second kappa shape index (κ2) is 17.4. The summed E-state index contributed by atoms with van der Waals surface area (Å²) >= 11 is 7.90. The van der Waals surface area contributed by atoms with Gasteiger partial charge in [-0.1, -0.05) is 82.9 Å². The quantitative estimate of drug-likeness (QED) is 0.0700. The molecule has 0 amide bonds. The molecule has 4 aromatic rings.